The van der Waals surface area contributed by atoms with Crippen molar-refractivity contribution < 1.29 is 19.1 Å². The molecular weight excluding hydrogens is 364 g/mol. The summed E-state index contributed by atoms with van der Waals surface area (Å²) in [7, 11) is 0. The molecule has 0 spiro atoms. The smallest absolute Gasteiger partial charge is 0.340 e. The number of amides is 2. The number of hydrogen-bond donors (Lipinski definition) is 1. The fourth-order valence-electron chi connectivity index (χ4n) is 2.86. The Labute approximate surface area is 158 Å². The molecule has 2 aromatic carbocycles. The first-order valence-electron chi connectivity index (χ1n) is 8.32. The van der Waals surface area contributed by atoms with Gasteiger partial charge in [0.25, 0.3) is 5.91 Å². The lowest BCUT2D eigenvalue weighted by Gasteiger charge is -2.28. The molecule has 10 heteroatoms. The van der Waals surface area contributed by atoms with E-state index in [1.165, 1.54) is 15.9 Å². The largest absolute Gasteiger partial charge is 0.452 e. The first-order chi connectivity index (χ1) is 13.6. The number of hydrogen-bond acceptors (Lipinski definition) is 7. The molecule has 140 valence electrons. The summed E-state index contributed by atoms with van der Waals surface area (Å²) in [6.45, 7) is -0.654. The second-order valence-corrected chi connectivity index (χ2v) is 5.89. The van der Waals surface area contributed by atoms with Crippen molar-refractivity contribution in [2.75, 3.05) is 23.4 Å². The normalized spacial score (nSPS) is 12.9. The van der Waals surface area contributed by atoms with Gasteiger partial charge in [0.05, 0.1) is 22.6 Å². The van der Waals surface area contributed by atoms with Gasteiger partial charge in [-0.1, -0.05) is 24.3 Å². The van der Waals surface area contributed by atoms with Crippen LogP contribution < -0.4 is 10.2 Å². The Morgan fingerprint density at radius 1 is 1.07 bits per heavy atom. The second-order valence-electron chi connectivity index (χ2n) is 5.89. The summed E-state index contributed by atoms with van der Waals surface area (Å²) in [4.78, 5) is 38.2. The maximum atomic E-state index is 12.6. The van der Waals surface area contributed by atoms with Crippen molar-refractivity contribution in [2.24, 2.45) is 0 Å². The molecule has 2 heterocycles. The monoisotopic (exact) mass is 378 g/mol. The lowest BCUT2D eigenvalue weighted by molar-refractivity contribution is -0.124. The molecule has 4 rings (SSSR count). The molecule has 0 fully saturated rings. The summed E-state index contributed by atoms with van der Waals surface area (Å²) < 4.78 is 6.51. The van der Waals surface area contributed by atoms with Crippen molar-refractivity contribution >= 4 is 29.2 Å². The number of fused-ring (bicyclic) bond motifs is 1. The number of nitrogens with one attached hydrogen (secondary N) is 1. The Bertz CT molecular complexity index is 1050. The van der Waals surface area contributed by atoms with Crippen LogP contribution in [0.5, 0.6) is 0 Å². The van der Waals surface area contributed by atoms with Gasteiger partial charge in [0.15, 0.2) is 6.61 Å². The molecule has 0 atom stereocenters. The van der Waals surface area contributed by atoms with Gasteiger partial charge in [-0.2, -0.15) is 4.68 Å². The standard InChI is InChI=1S/C18H14N6O4/c25-16-9-23(15-8-4-2-6-13(15)20-16)17(26)10-28-18(27)12-5-1-3-7-14(12)24-11-19-21-22-24/h1-8,11H,9-10H2,(H,20,25). The molecule has 1 aliphatic heterocycles. The van der Waals surface area contributed by atoms with Crippen molar-refractivity contribution in [2.45, 2.75) is 0 Å². The average Bonchev–Trinajstić information content (AvgIpc) is 3.26. The number of rotatable bonds is 4. The minimum Gasteiger partial charge on any atom is -0.452 e. The van der Waals surface area contributed by atoms with Crippen LogP contribution in [0.2, 0.25) is 0 Å². The number of tetrazole rings is 1. The zero-order chi connectivity index (χ0) is 19.5. The predicted octanol–water partition coefficient (Wildman–Crippen LogP) is 0.804. The maximum absolute atomic E-state index is 12.6. The minimum atomic E-state index is -0.700. The van der Waals surface area contributed by atoms with E-state index in [0.717, 1.165) is 0 Å². The number of nitrogens with zero attached hydrogens (tertiary/aromatic N) is 5. The third-order valence-electron chi connectivity index (χ3n) is 4.12. The van der Waals surface area contributed by atoms with Gasteiger partial charge in [-0.25, -0.2) is 4.79 Å². The Balaban J connectivity index is 1.49. The molecule has 28 heavy (non-hydrogen) atoms. The number of carbonyl (C=O) groups excluding carboxylic acids is 3. The van der Waals surface area contributed by atoms with Crippen molar-refractivity contribution in [1.82, 2.24) is 20.2 Å². The van der Waals surface area contributed by atoms with Gasteiger partial charge in [0.1, 0.15) is 12.9 Å². The average molecular weight is 378 g/mol. The van der Waals surface area contributed by atoms with Gasteiger partial charge in [-0.05, 0) is 34.7 Å². The van der Waals surface area contributed by atoms with Gasteiger partial charge < -0.3 is 10.1 Å². The molecule has 10 nitrogen and oxygen atoms in total. The molecule has 1 aliphatic rings. The summed E-state index contributed by atoms with van der Waals surface area (Å²) in [5.41, 5.74) is 1.71. The lowest BCUT2D eigenvalue weighted by atomic mass is 10.2. The highest BCUT2D eigenvalue weighted by atomic mass is 16.5. The first kappa shape index (κ1) is 17.3. The molecule has 1 N–H and O–H groups in total. The molecule has 1 aromatic heterocycles. The fraction of sp³-hybridized carbons (Fsp3) is 0.111. The van der Waals surface area contributed by atoms with Crippen LogP contribution in [0, 0.1) is 0 Å². The maximum Gasteiger partial charge on any atom is 0.340 e. The number of aromatic nitrogens is 4. The van der Waals surface area contributed by atoms with Crippen LogP contribution in [0.4, 0.5) is 11.4 Å². The summed E-state index contributed by atoms with van der Waals surface area (Å²) in [5, 5.41) is 13.5. The zero-order valence-corrected chi connectivity index (χ0v) is 14.5. The third kappa shape index (κ3) is 3.30. The topological polar surface area (TPSA) is 119 Å². The highest BCUT2D eigenvalue weighted by Gasteiger charge is 2.27. The van der Waals surface area contributed by atoms with Crippen LogP contribution in [0.15, 0.2) is 54.9 Å². The van der Waals surface area contributed by atoms with Crippen molar-refractivity contribution in [3.8, 4) is 5.69 Å². The van der Waals surface area contributed by atoms with Crippen molar-refractivity contribution in [3.05, 3.63) is 60.4 Å². The van der Waals surface area contributed by atoms with Crippen LogP contribution >= 0.6 is 0 Å². The molecule has 0 bridgehead atoms. The number of esters is 1. The van der Waals surface area contributed by atoms with Gasteiger partial charge in [0.2, 0.25) is 5.91 Å². The summed E-state index contributed by atoms with van der Waals surface area (Å²) >= 11 is 0. The zero-order valence-electron chi connectivity index (χ0n) is 14.5. The van der Waals surface area contributed by atoms with Crippen LogP contribution in [-0.4, -0.2) is 51.1 Å². The number of anilines is 2. The Hall–Kier alpha value is -4.08. The van der Waals surface area contributed by atoms with E-state index in [1.54, 1.807) is 48.5 Å². The van der Waals surface area contributed by atoms with E-state index < -0.39 is 18.5 Å². The summed E-state index contributed by atoms with van der Waals surface area (Å²) in [5.74, 6) is -1.52. The Morgan fingerprint density at radius 3 is 2.61 bits per heavy atom. The Morgan fingerprint density at radius 2 is 1.82 bits per heavy atom. The molecule has 0 radical (unpaired) electrons. The van der Waals surface area contributed by atoms with Gasteiger partial charge >= 0.3 is 5.97 Å². The second kappa shape index (κ2) is 7.27. The highest BCUT2D eigenvalue weighted by Crippen LogP contribution is 2.28. The van der Waals surface area contributed by atoms with Gasteiger partial charge in [-0.15, -0.1) is 5.10 Å². The van der Waals surface area contributed by atoms with E-state index in [9.17, 15) is 14.4 Å². The van der Waals surface area contributed by atoms with Crippen LogP contribution in [0.25, 0.3) is 5.69 Å². The predicted molar refractivity (Wildman–Crippen MR) is 96.9 cm³/mol. The number of para-hydroxylation sites is 3. The van der Waals surface area contributed by atoms with E-state index >= 15 is 0 Å². The van der Waals surface area contributed by atoms with Crippen LogP contribution in [0.3, 0.4) is 0 Å². The molecule has 2 amide bonds. The number of carbonyl (C=O) groups is 3. The lowest BCUT2D eigenvalue weighted by Crippen LogP contribution is -2.44. The minimum absolute atomic E-state index is 0.144. The highest BCUT2D eigenvalue weighted by molar-refractivity contribution is 6.10. The van der Waals surface area contributed by atoms with Crippen molar-refractivity contribution in [1.29, 1.82) is 0 Å². The van der Waals surface area contributed by atoms with Gasteiger partial charge in [0, 0.05) is 0 Å². The molecule has 0 unspecified atom stereocenters. The fourth-order valence-corrected chi connectivity index (χ4v) is 2.86. The van der Waals surface area contributed by atoms with E-state index in [1.807, 2.05) is 0 Å². The van der Waals surface area contributed by atoms with E-state index in [4.69, 9.17) is 4.74 Å². The van der Waals surface area contributed by atoms with E-state index in [-0.39, 0.29) is 18.0 Å². The Kier molecular flexibility index (Phi) is 4.50. The molecular formula is C18H14N6O4. The quantitative estimate of drug-likeness (QED) is 0.667. The first-order valence-corrected chi connectivity index (χ1v) is 8.32. The molecule has 0 saturated carbocycles. The number of benzene rings is 2. The molecule has 0 aliphatic carbocycles. The molecule has 3 aromatic rings. The van der Waals surface area contributed by atoms with Crippen LogP contribution in [-0.2, 0) is 14.3 Å². The molecule has 0 saturated heterocycles. The third-order valence-corrected chi connectivity index (χ3v) is 4.12. The van der Waals surface area contributed by atoms with Crippen molar-refractivity contribution in [3.63, 3.8) is 0 Å². The van der Waals surface area contributed by atoms with Crippen LogP contribution in [0.1, 0.15) is 10.4 Å². The summed E-state index contributed by atoms with van der Waals surface area (Å²) in [6.07, 6.45) is 1.35. The SMILES string of the molecule is O=C1CN(C(=O)COC(=O)c2ccccc2-n2cnnn2)c2ccccc2N1. The number of ether oxygens (including phenoxy) is 1. The van der Waals surface area contributed by atoms with E-state index in [2.05, 4.69) is 20.8 Å². The summed E-state index contributed by atoms with van der Waals surface area (Å²) in [6, 6.07) is 13.5. The van der Waals surface area contributed by atoms with Gasteiger partial charge in [-0.3, -0.25) is 14.5 Å². The van der Waals surface area contributed by atoms with E-state index in [0.29, 0.717) is 17.1 Å².